The van der Waals surface area contributed by atoms with Crippen molar-refractivity contribution < 1.29 is 13.2 Å². The maximum Gasteiger partial charge on any atom is 0.417 e. The van der Waals surface area contributed by atoms with E-state index in [0.29, 0.717) is 24.7 Å². The van der Waals surface area contributed by atoms with Crippen LogP contribution in [0.15, 0.2) is 41.0 Å². The lowest BCUT2D eigenvalue weighted by atomic mass is 9.92. The van der Waals surface area contributed by atoms with Crippen LogP contribution in [0.25, 0.3) is 0 Å². The summed E-state index contributed by atoms with van der Waals surface area (Å²) < 4.78 is 40.3. The van der Waals surface area contributed by atoms with E-state index in [1.165, 1.54) is 6.07 Å². The number of alkyl halides is 3. The Morgan fingerprint density at radius 1 is 1.16 bits per heavy atom. The second-order valence-corrected chi connectivity index (χ2v) is 6.92. The molecule has 0 N–H and O–H groups in total. The standard InChI is InChI=1S/C18H15BrF3N3/c19-14-2-4-17(24-11-14)12-5-7-25(8-6-12)15-3-1-13(10-23)16(9-15)18(20,21)22/h1-4,9,11-12H,5-8H2. The molecule has 7 heteroatoms. The van der Waals surface area contributed by atoms with E-state index in [1.807, 2.05) is 17.0 Å². The fraction of sp³-hybridized carbons (Fsp3) is 0.333. The van der Waals surface area contributed by atoms with Crippen molar-refractivity contribution in [2.75, 3.05) is 18.0 Å². The highest BCUT2D eigenvalue weighted by Crippen LogP contribution is 2.36. The smallest absolute Gasteiger partial charge is 0.371 e. The number of aromatic nitrogens is 1. The summed E-state index contributed by atoms with van der Waals surface area (Å²) in [5.74, 6) is 0.310. The minimum atomic E-state index is -4.53. The molecule has 0 aliphatic carbocycles. The first kappa shape index (κ1) is 17.7. The number of benzene rings is 1. The van der Waals surface area contributed by atoms with Crippen LogP contribution in [0.3, 0.4) is 0 Å². The predicted octanol–water partition coefficient (Wildman–Crippen LogP) is 5.12. The zero-order chi connectivity index (χ0) is 18.0. The summed E-state index contributed by atoms with van der Waals surface area (Å²) in [4.78, 5) is 6.35. The topological polar surface area (TPSA) is 39.9 Å². The molecule has 0 amide bonds. The Hall–Kier alpha value is -2.07. The van der Waals surface area contributed by atoms with Gasteiger partial charge in [-0.3, -0.25) is 4.98 Å². The van der Waals surface area contributed by atoms with Crippen molar-refractivity contribution in [3.63, 3.8) is 0 Å². The fourth-order valence-corrected chi connectivity index (χ4v) is 3.36. The van der Waals surface area contributed by atoms with Crippen molar-refractivity contribution in [2.24, 2.45) is 0 Å². The van der Waals surface area contributed by atoms with E-state index in [1.54, 1.807) is 18.3 Å². The molecular weight excluding hydrogens is 395 g/mol. The lowest BCUT2D eigenvalue weighted by Gasteiger charge is -2.33. The average molecular weight is 410 g/mol. The van der Waals surface area contributed by atoms with Gasteiger partial charge in [0, 0.05) is 41.1 Å². The van der Waals surface area contributed by atoms with Gasteiger partial charge in [0.05, 0.1) is 17.2 Å². The molecular formula is C18H15BrF3N3. The Morgan fingerprint density at radius 3 is 2.44 bits per heavy atom. The number of pyridine rings is 1. The third-order valence-corrected chi connectivity index (χ3v) is 4.93. The van der Waals surface area contributed by atoms with Gasteiger partial charge in [-0.25, -0.2) is 0 Å². The number of rotatable bonds is 2. The highest BCUT2D eigenvalue weighted by Gasteiger charge is 2.34. The van der Waals surface area contributed by atoms with E-state index < -0.39 is 11.7 Å². The largest absolute Gasteiger partial charge is 0.417 e. The van der Waals surface area contributed by atoms with Crippen LogP contribution in [0.2, 0.25) is 0 Å². The number of nitrogens with zero attached hydrogens (tertiary/aromatic N) is 3. The van der Waals surface area contributed by atoms with Crippen LogP contribution in [0.5, 0.6) is 0 Å². The van der Waals surface area contributed by atoms with Crippen molar-refractivity contribution in [3.8, 4) is 6.07 Å². The third-order valence-electron chi connectivity index (χ3n) is 4.46. The Labute approximate surface area is 152 Å². The quantitative estimate of drug-likeness (QED) is 0.690. The summed E-state index contributed by atoms with van der Waals surface area (Å²) in [6.45, 7) is 1.32. The Balaban J connectivity index is 1.75. The first-order valence-corrected chi connectivity index (χ1v) is 8.65. The van der Waals surface area contributed by atoms with Crippen LogP contribution >= 0.6 is 15.9 Å². The molecule has 0 saturated carbocycles. The molecule has 0 spiro atoms. The van der Waals surface area contributed by atoms with Crippen LogP contribution in [-0.4, -0.2) is 18.1 Å². The summed E-state index contributed by atoms with van der Waals surface area (Å²) in [5.41, 5.74) is 0.307. The molecule has 25 heavy (non-hydrogen) atoms. The second-order valence-electron chi connectivity index (χ2n) is 6.00. The zero-order valence-corrected chi connectivity index (χ0v) is 14.8. The maximum absolute atomic E-state index is 13.1. The molecule has 1 aromatic carbocycles. The summed E-state index contributed by atoms with van der Waals surface area (Å²) in [7, 11) is 0. The third kappa shape index (κ3) is 3.96. The number of piperidine rings is 1. The van der Waals surface area contributed by atoms with Crippen LogP contribution in [0.1, 0.15) is 35.6 Å². The SMILES string of the molecule is N#Cc1ccc(N2CCC(c3ccc(Br)cn3)CC2)cc1C(F)(F)F. The normalized spacial score (nSPS) is 15.9. The van der Waals surface area contributed by atoms with Gasteiger partial charge in [0.2, 0.25) is 0 Å². The van der Waals surface area contributed by atoms with E-state index in [0.717, 1.165) is 29.1 Å². The Kier molecular flexibility index (Phi) is 5.00. The molecule has 130 valence electrons. The van der Waals surface area contributed by atoms with Gasteiger partial charge in [0.25, 0.3) is 0 Å². The van der Waals surface area contributed by atoms with Gasteiger partial charge in [-0.2, -0.15) is 18.4 Å². The molecule has 0 unspecified atom stereocenters. The molecule has 1 aliphatic heterocycles. The molecule has 3 rings (SSSR count). The number of halogens is 4. The van der Waals surface area contributed by atoms with Crippen LogP contribution in [0, 0.1) is 11.3 Å². The highest BCUT2D eigenvalue weighted by atomic mass is 79.9. The number of hydrogen-bond acceptors (Lipinski definition) is 3. The van der Waals surface area contributed by atoms with E-state index in [9.17, 15) is 13.2 Å². The molecule has 2 aromatic rings. The first-order valence-electron chi connectivity index (χ1n) is 7.86. The summed E-state index contributed by atoms with van der Waals surface area (Å²) in [5, 5.41) is 8.89. The van der Waals surface area contributed by atoms with E-state index in [2.05, 4.69) is 20.9 Å². The van der Waals surface area contributed by atoms with Gasteiger partial charge in [-0.05, 0) is 59.1 Å². The number of nitriles is 1. The summed E-state index contributed by atoms with van der Waals surface area (Å²) in [6.07, 6.45) is -1.11. The van der Waals surface area contributed by atoms with Crippen molar-refractivity contribution in [3.05, 3.63) is 57.8 Å². The highest BCUT2D eigenvalue weighted by molar-refractivity contribution is 9.10. The molecule has 0 bridgehead atoms. The van der Waals surface area contributed by atoms with E-state index in [-0.39, 0.29) is 5.56 Å². The van der Waals surface area contributed by atoms with Gasteiger partial charge >= 0.3 is 6.18 Å². The van der Waals surface area contributed by atoms with Crippen LogP contribution in [-0.2, 0) is 6.18 Å². The van der Waals surface area contributed by atoms with Crippen molar-refractivity contribution >= 4 is 21.6 Å². The van der Waals surface area contributed by atoms with Gasteiger partial charge in [-0.1, -0.05) is 0 Å². The van der Waals surface area contributed by atoms with Gasteiger partial charge in [-0.15, -0.1) is 0 Å². The summed E-state index contributed by atoms with van der Waals surface area (Å²) in [6, 6.07) is 9.46. The van der Waals surface area contributed by atoms with Crippen molar-refractivity contribution in [1.29, 1.82) is 5.26 Å². The summed E-state index contributed by atoms with van der Waals surface area (Å²) >= 11 is 3.36. The van der Waals surface area contributed by atoms with Crippen LogP contribution in [0.4, 0.5) is 18.9 Å². The maximum atomic E-state index is 13.1. The van der Waals surface area contributed by atoms with Crippen LogP contribution < -0.4 is 4.90 Å². The lowest BCUT2D eigenvalue weighted by Crippen LogP contribution is -2.33. The molecule has 0 radical (unpaired) electrons. The van der Waals surface area contributed by atoms with Gasteiger partial charge in [0.1, 0.15) is 0 Å². The second kappa shape index (κ2) is 7.04. The van der Waals surface area contributed by atoms with Crippen molar-refractivity contribution in [2.45, 2.75) is 24.9 Å². The minimum absolute atomic E-state index is 0.310. The molecule has 1 aliphatic rings. The molecule has 1 saturated heterocycles. The molecule has 0 atom stereocenters. The predicted molar refractivity (Wildman–Crippen MR) is 92.3 cm³/mol. The molecule has 1 aromatic heterocycles. The number of hydrogen-bond donors (Lipinski definition) is 0. The van der Waals surface area contributed by atoms with E-state index >= 15 is 0 Å². The molecule has 3 nitrogen and oxygen atoms in total. The first-order chi connectivity index (χ1) is 11.9. The Morgan fingerprint density at radius 2 is 1.88 bits per heavy atom. The average Bonchev–Trinajstić information content (AvgIpc) is 2.61. The van der Waals surface area contributed by atoms with Gasteiger partial charge < -0.3 is 4.90 Å². The number of anilines is 1. The van der Waals surface area contributed by atoms with Crippen molar-refractivity contribution in [1.82, 2.24) is 4.98 Å². The molecule has 2 heterocycles. The monoisotopic (exact) mass is 409 g/mol. The fourth-order valence-electron chi connectivity index (χ4n) is 3.12. The van der Waals surface area contributed by atoms with Gasteiger partial charge in [0.15, 0.2) is 0 Å². The van der Waals surface area contributed by atoms with E-state index in [4.69, 9.17) is 5.26 Å². The molecule has 1 fully saturated rings. The Bertz CT molecular complexity index is 789. The zero-order valence-electron chi connectivity index (χ0n) is 13.2. The lowest BCUT2D eigenvalue weighted by molar-refractivity contribution is -0.137. The minimum Gasteiger partial charge on any atom is -0.371 e.